The fourth-order valence-corrected chi connectivity index (χ4v) is 9.78. The van der Waals surface area contributed by atoms with E-state index in [-0.39, 0.29) is 23.6 Å². The monoisotopic (exact) mass is 712 g/mol. The second-order valence-electron chi connectivity index (χ2n) is 15.8. The molecule has 4 bridgehead atoms. The van der Waals surface area contributed by atoms with Crippen LogP contribution >= 0.6 is 0 Å². The Bertz CT molecular complexity index is 2070. The first-order valence-corrected chi connectivity index (χ1v) is 19.6. The van der Waals surface area contributed by atoms with Crippen LogP contribution in [0, 0.1) is 11.8 Å². The highest BCUT2D eigenvalue weighted by Gasteiger charge is 2.44. The number of nitrogens with zero attached hydrogens (tertiary/aromatic N) is 4. The molecule has 10 heteroatoms. The Kier molecular flexibility index (Phi) is 8.51. The highest BCUT2D eigenvalue weighted by molar-refractivity contribution is 6.38. The van der Waals surface area contributed by atoms with Gasteiger partial charge < -0.3 is 19.8 Å². The van der Waals surface area contributed by atoms with Gasteiger partial charge in [-0.05, 0) is 75.3 Å². The van der Waals surface area contributed by atoms with E-state index >= 15 is 0 Å². The molecule has 4 amide bonds. The zero-order valence-electron chi connectivity index (χ0n) is 30.8. The van der Waals surface area contributed by atoms with Crippen LogP contribution in [0.5, 0.6) is 0 Å². The van der Waals surface area contributed by atoms with Crippen molar-refractivity contribution in [1.29, 1.82) is 0 Å². The number of carbonyl (C=O) groups excluding carboxylic acids is 4. The smallest absolute Gasteiger partial charge is 0.277 e. The number of fused-ring (bicyclic) bond motifs is 4. The van der Waals surface area contributed by atoms with Gasteiger partial charge in [0.1, 0.15) is 11.4 Å². The number of para-hydroxylation sites is 2. The molecule has 9 heterocycles. The van der Waals surface area contributed by atoms with Crippen LogP contribution in [0.25, 0.3) is 33.0 Å². The molecule has 2 N–H and O–H groups in total. The average Bonchev–Trinajstić information content (AvgIpc) is 3.86. The molecule has 11 rings (SSSR count). The van der Waals surface area contributed by atoms with Crippen LogP contribution in [0.15, 0.2) is 59.9 Å². The lowest BCUT2D eigenvalue weighted by Crippen LogP contribution is -2.38. The fraction of sp³-hybridized carbons (Fsp3) is 0.442. The summed E-state index contributed by atoms with van der Waals surface area (Å²) in [5.41, 5.74) is 7.88. The maximum absolute atomic E-state index is 14.0. The Morgan fingerprint density at radius 2 is 0.906 bits per heavy atom. The molecule has 274 valence electrons. The molecule has 53 heavy (non-hydrogen) atoms. The summed E-state index contributed by atoms with van der Waals surface area (Å²) in [5, 5.41) is 1.95. The van der Waals surface area contributed by atoms with Crippen molar-refractivity contribution in [1.82, 2.24) is 29.6 Å². The number of aromatic amines is 2. The third kappa shape index (κ3) is 5.60. The minimum absolute atomic E-state index is 0.199. The SMILES string of the molecule is CN1C(=O)C2=C(C1=O)N1CCC(CCC3CCN(CC3)C3=C(C(=O)N(C)C3=O)c3c([nH]c4ccccc34)CCCCCc3[nH]c4ccccc4c32)CC1. The van der Waals surface area contributed by atoms with Gasteiger partial charge in [0.15, 0.2) is 0 Å². The lowest BCUT2D eigenvalue weighted by molar-refractivity contribution is -0.137. The zero-order chi connectivity index (χ0) is 36.4. The largest absolute Gasteiger partial charge is 0.366 e. The number of benzene rings is 2. The second-order valence-corrected chi connectivity index (χ2v) is 15.8. The van der Waals surface area contributed by atoms with E-state index in [0.29, 0.717) is 34.4 Å². The Hall–Kier alpha value is -5.12. The summed E-state index contributed by atoms with van der Waals surface area (Å²) in [6, 6.07) is 16.2. The number of rotatable bonds is 0. The molecular formula is C43H48N6O4. The third-order valence-corrected chi connectivity index (χ3v) is 12.8. The van der Waals surface area contributed by atoms with Gasteiger partial charge in [-0.3, -0.25) is 29.0 Å². The highest BCUT2D eigenvalue weighted by Crippen LogP contribution is 2.42. The van der Waals surface area contributed by atoms with E-state index in [1.165, 1.54) is 9.80 Å². The van der Waals surface area contributed by atoms with E-state index in [1.54, 1.807) is 14.1 Å². The predicted octanol–water partition coefficient (Wildman–Crippen LogP) is 6.24. The molecule has 7 aliphatic heterocycles. The Balaban J connectivity index is 1.10. The van der Waals surface area contributed by atoms with Gasteiger partial charge in [-0.1, -0.05) is 55.7 Å². The molecule has 0 saturated carbocycles. The maximum atomic E-state index is 14.0. The molecule has 0 aliphatic carbocycles. The predicted molar refractivity (Wildman–Crippen MR) is 205 cm³/mol. The molecule has 4 aromatic rings. The van der Waals surface area contributed by atoms with E-state index in [2.05, 4.69) is 31.9 Å². The first-order chi connectivity index (χ1) is 25.8. The standard InChI is InChI=1S/C43H48N6O4/c1-46-40(50)36-34-28-10-6-8-12-30(28)44-32(34)14-4-3-5-15-33-35(29-11-7-9-13-31(29)45-33)37-39(43(53)47(2)41(37)51)49-24-20-27(21-25-49)17-16-26-18-22-48(23-19-26)38(36)42(46)52/h6-13,26-27,44-45H,3-5,14-25H2,1-2H3. The molecule has 0 spiro atoms. The lowest BCUT2D eigenvalue weighted by atomic mass is 9.84. The van der Waals surface area contributed by atoms with Crippen molar-refractivity contribution in [3.63, 3.8) is 0 Å². The summed E-state index contributed by atoms with van der Waals surface area (Å²) in [5.74, 6) is 0.298. The van der Waals surface area contributed by atoms with Gasteiger partial charge in [-0.15, -0.1) is 0 Å². The van der Waals surface area contributed by atoms with Crippen LogP contribution in [0.2, 0.25) is 0 Å². The van der Waals surface area contributed by atoms with Gasteiger partial charge in [-0.25, -0.2) is 0 Å². The van der Waals surface area contributed by atoms with Crippen molar-refractivity contribution in [3.8, 4) is 0 Å². The van der Waals surface area contributed by atoms with Crippen LogP contribution in [0.3, 0.4) is 0 Å². The highest BCUT2D eigenvalue weighted by atomic mass is 16.2. The molecule has 2 aromatic heterocycles. The van der Waals surface area contributed by atoms with E-state index < -0.39 is 0 Å². The summed E-state index contributed by atoms with van der Waals surface area (Å²) >= 11 is 0. The summed E-state index contributed by atoms with van der Waals surface area (Å²) in [6.45, 7) is 3.06. The Morgan fingerprint density at radius 1 is 0.509 bits per heavy atom. The fourth-order valence-electron chi connectivity index (χ4n) is 9.78. The molecule has 2 aromatic carbocycles. The summed E-state index contributed by atoms with van der Waals surface area (Å²) in [4.78, 5) is 69.8. The summed E-state index contributed by atoms with van der Waals surface area (Å²) in [6.07, 6.45) is 10.4. The number of hydrogen-bond acceptors (Lipinski definition) is 6. The second kappa shape index (κ2) is 13.4. The average molecular weight is 713 g/mol. The first-order valence-electron chi connectivity index (χ1n) is 19.6. The van der Waals surface area contributed by atoms with Crippen molar-refractivity contribution in [2.45, 2.75) is 70.6 Å². The molecule has 0 radical (unpaired) electrons. The molecule has 0 atom stereocenters. The van der Waals surface area contributed by atoms with Gasteiger partial charge in [0.2, 0.25) is 0 Å². The quantitative estimate of drug-likeness (QED) is 0.209. The van der Waals surface area contributed by atoms with E-state index in [1.807, 2.05) is 36.4 Å². The number of hydrogen-bond donors (Lipinski definition) is 2. The van der Waals surface area contributed by atoms with Crippen LogP contribution in [-0.2, 0) is 32.0 Å². The van der Waals surface area contributed by atoms with Gasteiger partial charge in [0, 0.05) is 84.6 Å². The number of imide groups is 2. The number of aryl methyl sites for hydroxylation is 2. The molecular weight excluding hydrogens is 665 g/mol. The zero-order valence-corrected chi connectivity index (χ0v) is 30.8. The van der Waals surface area contributed by atoms with Crippen molar-refractivity contribution < 1.29 is 19.2 Å². The number of aromatic nitrogens is 2. The first kappa shape index (κ1) is 33.7. The number of amides is 4. The van der Waals surface area contributed by atoms with Crippen molar-refractivity contribution in [3.05, 3.63) is 82.4 Å². The molecule has 10 nitrogen and oxygen atoms in total. The number of piperidine rings is 2. The molecule has 2 fully saturated rings. The van der Waals surface area contributed by atoms with E-state index in [4.69, 9.17) is 0 Å². The number of likely N-dealkylation sites (N-methyl/N-ethyl adjacent to an activating group) is 2. The minimum atomic E-state index is -0.222. The van der Waals surface area contributed by atoms with Crippen LogP contribution in [-0.4, -0.2) is 93.5 Å². The Morgan fingerprint density at radius 3 is 1.32 bits per heavy atom. The molecule has 2 saturated heterocycles. The van der Waals surface area contributed by atoms with Crippen LogP contribution in [0.1, 0.15) is 80.3 Å². The number of H-pyrrole nitrogens is 2. The van der Waals surface area contributed by atoms with Gasteiger partial charge in [0.05, 0.1) is 11.1 Å². The number of nitrogens with one attached hydrogen (secondary N) is 2. The summed E-state index contributed by atoms with van der Waals surface area (Å²) in [7, 11) is 3.23. The van der Waals surface area contributed by atoms with Gasteiger partial charge in [0.25, 0.3) is 23.6 Å². The summed E-state index contributed by atoms with van der Waals surface area (Å²) < 4.78 is 0. The van der Waals surface area contributed by atoms with Crippen LogP contribution < -0.4 is 0 Å². The van der Waals surface area contributed by atoms with Crippen molar-refractivity contribution >= 4 is 56.6 Å². The van der Waals surface area contributed by atoms with Crippen molar-refractivity contribution in [2.24, 2.45) is 11.8 Å². The van der Waals surface area contributed by atoms with E-state index in [0.717, 1.165) is 141 Å². The topological polar surface area (TPSA) is 113 Å². The van der Waals surface area contributed by atoms with Gasteiger partial charge in [-0.2, -0.15) is 0 Å². The molecule has 7 aliphatic rings. The van der Waals surface area contributed by atoms with Gasteiger partial charge >= 0.3 is 0 Å². The maximum Gasteiger partial charge on any atom is 0.277 e. The minimum Gasteiger partial charge on any atom is -0.366 e. The number of carbonyl (C=O) groups is 4. The van der Waals surface area contributed by atoms with Crippen LogP contribution in [0.4, 0.5) is 0 Å². The van der Waals surface area contributed by atoms with E-state index in [9.17, 15) is 19.2 Å². The Labute approximate surface area is 309 Å². The molecule has 0 unspecified atom stereocenters. The normalized spacial score (nSPS) is 23.5. The lowest BCUT2D eigenvalue weighted by Gasteiger charge is -2.36. The van der Waals surface area contributed by atoms with Crippen molar-refractivity contribution in [2.75, 3.05) is 40.3 Å². The third-order valence-electron chi connectivity index (χ3n) is 12.8.